The fraction of sp³-hybridized carbons (Fsp3) is 0.538. The molecule has 0 saturated carbocycles. The number of aliphatic hydroxyl groups is 1. The molecular weight excluding hydrogens is 287 g/mol. The van der Waals surface area contributed by atoms with E-state index >= 15 is 0 Å². The highest BCUT2D eigenvalue weighted by Crippen LogP contribution is 2.21. The van der Waals surface area contributed by atoms with Gasteiger partial charge >= 0.3 is 0 Å². The smallest absolute Gasteiger partial charge is 0.137 e. The van der Waals surface area contributed by atoms with Crippen molar-refractivity contribution in [3.63, 3.8) is 0 Å². The lowest BCUT2D eigenvalue weighted by Gasteiger charge is -2.15. The third kappa shape index (κ3) is 3.76. The molecule has 2 rings (SSSR count). The second-order valence-electron chi connectivity index (χ2n) is 4.48. The minimum absolute atomic E-state index is 0.189. The SMILES string of the molecule is OC(Cc1ccc(F)c(Br)c1)CC1CCCO1. The summed E-state index contributed by atoms with van der Waals surface area (Å²) in [4.78, 5) is 0. The van der Waals surface area contributed by atoms with E-state index in [1.807, 2.05) is 0 Å². The number of aliphatic hydroxyl groups excluding tert-OH is 1. The largest absolute Gasteiger partial charge is 0.393 e. The summed E-state index contributed by atoms with van der Waals surface area (Å²) in [5.74, 6) is -0.276. The van der Waals surface area contributed by atoms with Crippen LogP contribution in [0.5, 0.6) is 0 Å². The van der Waals surface area contributed by atoms with Gasteiger partial charge in [-0.15, -0.1) is 0 Å². The minimum Gasteiger partial charge on any atom is -0.393 e. The molecule has 4 heteroatoms. The first kappa shape index (κ1) is 13.0. The summed E-state index contributed by atoms with van der Waals surface area (Å²) in [6.45, 7) is 0.805. The summed E-state index contributed by atoms with van der Waals surface area (Å²) < 4.78 is 19.0. The monoisotopic (exact) mass is 302 g/mol. The van der Waals surface area contributed by atoms with E-state index in [0.29, 0.717) is 17.3 Å². The second kappa shape index (κ2) is 5.94. The van der Waals surface area contributed by atoms with Gasteiger partial charge in [-0.3, -0.25) is 0 Å². The van der Waals surface area contributed by atoms with Gasteiger partial charge in [0, 0.05) is 6.61 Å². The van der Waals surface area contributed by atoms with E-state index in [1.54, 1.807) is 12.1 Å². The highest BCUT2D eigenvalue weighted by molar-refractivity contribution is 9.10. The van der Waals surface area contributed by atoms with Crippen LogP contribution in [-0.4, -0.2) is 23.9 Å². The molecule has 2 unspecified atom stereocenters. The third-order valence-electron chi connectivity index (χ3n) is 3.01. The summed E-state index contributed by atoms with van der Waals surface area (Å²) in [7, 11) is 0. The molecule has 1 saturated heterocycles. The van der Waals surface area contributed by atoms with Crippen molar-refractivity contribution in [3.05, 3.63) is 34.1 Å². The summed E-state index contributed by atoms with van der Waals surface area (Å²) in [6, 6.07) is 4.84. The Kier molecular flexibility index (Phi) is 4.54. The van der Waals surface area contributed by atoms with Crippen LogP contribution in [0, 0.1) is 5.82 Å². The zero-order valence-electron chi connectivity index (χ0n) is 9.53. The fourth-order valence-corrected chi connectivity index (χ4v) is 2.58. The first-order chi connectivity index (χ1) is 8.15. The standard InChI is InChI=1S/C13H16BrFO2/c14-12-7-9(3-4-13(12)15)6-10(16)8-11-2-1-5-17-11/h3-4,7,10-11,16H,1-2,5-6,8H2. The number of rotatable bonds is 4. The average Bonchev–Trinajstić information content (AvgIpc) is 2.76. The van der Waals surface area contributed by atoms with E-state index in [0.717, 1.165) is 25.0 Å². The van der Waals surface area contributed by atoms with Crippen LogP contribution in [0.4, 0.5) is 4.39 Å². The molecule has 2 nitrogen and oxygen atoms in total. The van der Waals surface area contributed by atoms with Gasteiger partial charge in [-0.1, -0.05) is 6.07 Å². The lowest BCUT2D eigenvalue weighted by atomic mass is 10.0. The van der Waals surface area contributed by atoms with Gasteiger partial charge in [0.25, 0.3) is 0 Å². The summed E-state index contributed by atoms with van der Waals surface area (Å²) in [5.41, 5.74) is 0.934. The van der Waals surface area contributed by atoms with Crippen molar-refractivity contribution in [3.8, 4) is 0 Å². The Morgan fingerprint density at radius 3 is 3.00 bits per heavy atom. The molecule has 1 aliphatic rings. The maximum atomic E-state index is 13.0. The Morgan fingerprint density at radius 2 is 2.35 bits per heavy atom. The Morgan fingerprint density at radius 1 is 1.53 bits per heavy atom. The van der Waals surface area contributed by atoms with Gasteiger partial charge in [0.15, 0.2) is 0 Å². The average molecular weight is 303 g/mol. The highest BCUT2D eigenvalue weighted by Gasteiger charge is 2.19. The van der Waals surface area contributed by atoms with Crippen molar-refractivity contribution < 1.29 is 14.2 Å². The first-order valence-corrected chi connectivity index (χ1v) is 6.68. The second-order valence-corrected chi connectivity index (χ2v) is 5.33. The van der Waals surface area contributed by atoms with E-state index < -0.39 is 6.10 Å². The molecule has 0 aliphatic carbocycles. The van der Waals surface area contributed by atoms with Crippen molar-refractivity contribution in [2.24, 2.45) is 0 Å². The van der Waals surface area contributed by atoms with Gasteiger partial charge in [0.05, 0.1) is 16.7 Å². The number of benzene rings is 1. The van der Waals surface area contributed by atoms with Crippen molar-refractivity contribution in [1.82, 2.24) is 0 Å². The molecule has 0 aromatic heterocycles. The molecule has 0 spiro atoms. The molecule has 2 atom stereocenters. The summed E-state index contributed by atoms with van der Waals surface area (Å²) in [5, 5.41) is 9.93. The van der Waals surface area contributed by atoms with Crippen molar-refractivity contribution >= 4 is 15.9 Å². The van der Waals surface area contributed by atoms with Crippen LogP contribution in [-0.2, 0) is 11.2 Å². The molecule has 1 aromatic carbocycles. The highest BCUT2D eigenvalue weighted by atomic mass is 79.9. The van der Waals surface area contributed by atoms with Gasteiger partial charge in [-0.05, 0) is 59.3 Å². The van der Waals surface area contributed by atoms with Gasteiger partial charge in [-0.25, -0.2) is 4.39 Å². The van der Waals surface area contributed by atoms with E-state index in [9.17, 15) is 9.50 Å². The molecule has 0 radical (unpaired) electrons. The fourth-order valence-electron chi connectivity index (χ4n) is 2.16. The van der Waals surface area contributed by atoms with E-state index in [4.69, 9.17) is 4.74 Å². The van der Waals surface area contributed by atoms with Crippen molar-refractivity contribution in [1.29, 1.82) is 0 Å². The van der Waals surface area contributed by atoms with Gasteiger partial charge in [0.2, 0.25) is 0 Å². The molecule has 1 aromatic rings. The van der Waals surface area contributed by atoms with Crippen LogP contribution < -0.4 is 0 Å². The molecule has 1 N–H and O–H groups in total. The summed E-state index contributed by atoms with van der Waals surface area (Å²) >= 11 is 3.14. The number of ether oxygens (including phenoxy) is 1. The molecule has 1 heterocycles. The molecule has 94 valence electrons. The van der Waals surface area contributed by atoms with Gasteiger partial charge in [-0.2, -0.15) is 0 Å². The zero-order valence-corrected chi connectivity index (χ0v) is 11.1. The zero-order chi connectivity index (χ0) is 12.3. The van der Waals surface area contributed by atoms with Crippen LogP contribution in [0.15, 0.2) is 22.7 Å². The minimum atomic E-state index is -0.421. The lowest BCUT2D eigenvalue weighted by Crippen LogP contribution is -2.19. The molecule has 1 aliphatic heterocycles. The molecule has 0 amide bonds. The molecule has 1 fully saturated rings. The molecule has 17 heavy (non-hydrogen) atoms. The number of halogens is 2. The topological polar surface area (TPSA) is 29.5 Å². The van der Waals surface area contributed by atoms with E-state index in [1.165, 1.54) is 6.07 Å². The molecule has 0 bridgehead atoms. The Hall–Kier alpha value is -0.450. The van der Waals surface area contributed by atoms with E-state index in [2.05, 4.69) is 15.9 Å². The number of hydrogen-bond acceptors (Lipinski definition) is 2. The summed E-state index contributed by atoms with van der Waals surface area (Å²) in [6.07, 6.45) is 3.08. The van der Waals surface area contributed by atoms with Crippen LogP contribution in [0.1, 0.15) is 24.8 Å². The maximum absolute atomic E-state index is 13.0. The maximum Gasteiger partial charge on any atom is 0.137 e. The third-order valence-corrected chi connectivity index (χ3v) is 3.62. The Bertz CT molecular complexity index is 378. The predicted octanol–water partition coefficient (Wildman–Crippen LogP) is 3.06. The van der Waals surface area contributed by atoms with Gasteiger partial charge < -0.3 is 9.84 Å². The van der Waals surface area contributed by atoms with Crippen LogP contribution >= 0.6 is 15.9 Å². The Balaban J connectivity index is 1.88. The van der Waals surface area contributed by atoms with Gasteiger partial charge in [0.1, 0.15) is 5.82 Å². The first-order valence-electron chi connectivity index (χ1n) is 5.89. The quantitative estimate of drug-likeness (QED) is 0.926. The van der Waals surface area contributed by atoms with Crippen molar-refractivity contribution in [2.75, 3.05) is 6.61 Å². The lowest BCUT2D eigenvalue weighted by molar-refractivity contribution is 0.0541. The predicted molar refractivity (Wildman–Crippen MR) is 67.4 cm³/mol. The van der Waals surface area contributed by atoms with Crippen LogP contribution in [0.2, 0.25) is 0 Å². The Labute approximate surface area is 109 Å². The molecular formula is C13H16BrFO2. The van der Waals surface area contributed by atoms with Crippen LogP contribution in [0.3, 0.4) is 0 Å². The number of hydrogen-bond donors (Lipinski definition) is 1. The van der Waals surface area contributed by atoms with Crippen molar-refractivity contribution in [2.45, 2.75) is 37.9 Å². The normalized spacial score (nSPS) is 21.7. The van der Waals surface area contributed by atoms with Crippen LogP contribution in [0.25, 0.3) is 0 Å². The van der Waals surface area contributed by atoms with E-state index in [-0.39, 0.29) is 11.9 Å².